The van der Waals surface area contributed by atoms with Gasteiger partial charge >= 0.3 is 0 Å². The van der Waals surface area contributed by atoms with Gasteiger partial charge in [-0.2, -0.15) is 0 Å². The molecule has 0 aromatic heterocycles. The van der Waals surface area contributed by atoms with Gasteiger partial charge in [0.05, 0.1) is 12.1 Å². The van der Waals surface area contributed by atoms with Gasteiger partial charge in [0.25, 0.3) is 5.91 Å². The largest absolute Gasteiger partial charge is 0.504 e. The van der Waals surface area contributed by atoms with Crippen molar-refractivity contribution >= 4 is 23.5 Å². The van der Waals surface area contributed by atoms with Gasteiger partial charge in [-0.1, -0.05) is 12.8 Å². The van der Waals surface area contributed by atoms with E-state index < -0.39 is 35.1 Å². The molecule has 1 aromatic rings. The number of Topliss-reactive ketones (excluding diaryl/α,β-unsaturated/α-hetero) is 1. The number of carbonyl (C=O) groups excluding carboxylic acids is 4. The number of ketones is 1. The van der Waals surface area contributed by atoms with Gasteiger partial charge < -0.3 is 53.0 Å². The van der Waals surface area contributed by atoms with Gasteiger partial charge in [0.2, 0.25) is 11.8 Å². The second kappa shape index (κ2) is 23.0. The number of phenolic OH excluding ortho intramolecular Hbond substituents is 3. The highest BCUT2D eigenvalue weighted by Gasteiger charge is 2.25. The third kappa shape index (κ3) is 15.4. The molecule has 3 atom stereocenters. The average molecular weight is 638 g/mol. The van der Waals surface area contributed by atoms with E-state index in [1.165, 1.54) is 0 Å². The van der Waals surface area contributed by atoms with Crippen molar-refractivity contribution in [2.45, 2.75) is 76.3 Å². The predicted octanol–water partition coefficient (Wildman–Crippen LogP) is 0.206. The Morgan fingerprint density at radius 3 is 1.80 bits per heavy atom. The van der Waals surface area contributed by atoms with Crippen molar-refractivity contribution in [2.24, 2.45) is 11.7 Å². The van der Waals surface area contributed by atoms with Crippen LogP contribution in [0.1, 0.15) is 74.6 Å². The Kier molecular flexibility index (Phi) is 20.2. The number of aromatic hydroxyl groups is 3. The lowest BCUT2D eigenvalue weighted by molar-refractivity contribution is -0.130. The van der Waals surface area contributed by atoms with Gasteiger partial charge in [-0.15, -0.1) is 0 Å². The maximum absolute atomic E-state index is 13.2. The molecule has 0 aliphatic carbocycles. The normalized spacial score (nSPS) is 13.1. The summed E-state index contributed by atoms with van der Waals surface area (Å²) in [4.78, 5) is 50.8. The SMILES string of the molecule is CNCCCCC(NC)C(=O)NCCCCC(CC(=O)C(CCCCNC(=O)c1cc(O)c(O)c(O)c1)NC)C(=O)NCCN. The summed E-state index contributed by atoms with van der Waals surface area (Å²) in [5.74, 6) is -3.23. The zero-order chi connectivity index (χ0) is 33.6. The highest BCUT2D eigenvalue weighted by atomic mass is 16.3. The van der Waals surface area contributed by atoms with E-state index in [1.807, 2.05) is 7.05 Å². The first kappa shape index (κ1) is 39.6. The van der Waals surface area contributed by atoms with Gasteiger partial charge in [-0.05, 0) is 84.8 Å². The first-order valence-electron chi connectivity index (χ1n) is 15.9. The molecule has 14 nitrogen and oxygen atoms in total. The topological polar surface area (TPSA) is 227 Å². The Bertz CT molecular complexity index is 1030. The van der Waals surface area contributed by atoms with Gasteiger partial charge in [0.1, 0.15) is 0 Å². The average Bonchev–Trinajstić information content (AvgIpc) is 3.02. The molecule has 256 valence electrons. The molecular formula is C31H55N7O7. The fourth-order valence-electron chi connectivity index (χ4n) is 4.94. The molecule has 11 N–H and O–H groups in total. The van der Waals surface area contributed by atoms with Crippen molar-refractivity contribution in [3.63, 3.8) is 0 Å². The summed E-state index contributed by atoms with van der Waals surface area (Å²) >= 11 is 0. The molecule has 0 bridgehead atoms. The monoisotopic (exact) mass is 637 g/mol. The molecule has 3 amide bonds. The third-order valence-electron chi connectivity index (χ3n) is 7.65. The zero-order valence-corrected chi connectivity index (χ0v) is 27.0. The van der Waals surface area contributed by atoms with Crippen LogP contribution in [0.25, 0.3) is 0 Å². The van der Waals surface area contributed by atoms with E-state index in [9.17, 15) is 34.5 Å². The van der Waals surface area contributed by atoms with Crippen LogP contribution in [-0.4, -0.2) is 105 Å². The summed E-state index contributed by atoms with van der Waals surface area (Å²) in [6.07, 6.45) is 6.34. The Labute approximate surface area is 266 Å². The molecule has 0 aliphatic heterocycles. The molecule has 14 heteroatoms. The number of phenols is 3. The molecular weight excluding hydrogens is 582 g/mol. The minimum atomic E-state index is -0.693. The zero-order valence-electron chi connectivity index (χ0n) is 27.0. The Morgan fingerprint density at radius 1 is 0.689 bits per heavy atom. The van der Waals surface area contributed by atoms with E-state index >= 15 is 0 Å². The minimum Gasteiger partial charge on any atom is -0.504 e. The van der Waals surface area contributed by atoms with Crippen LogP contribution >= 0.6 is 0 Å². The van der Waals surface area contributed by atoms with Crippen molar-refractivity contribution in [1.29, 1.82) is 0 Å². The Morgan fingerprint density at radius 2 is 1.22 bits per heavy atom. The number of nitrogens with one attached hydrogen (secondary N) is 6. The molecule has 0 aliphatic rings. The summed E-state index contributed by atoms with van der Waals surface area (Å²) in [6, 6.07) is 1.42. The van der Waals surface area contributed by atoms with Crippen LogP contribution < -0.4 is 37.6 Å². The summed E-state index contributed by atoms with van der Waals surface area (Å²) in [5.41, 5.74) is 5.55. The quantitative estimate of drug-likeness (QED) is 0.0515. The Balaban J connectivity index is 2.52. The molecule has 0 saturated heterocycles. The molecule has 1 rings (SSSR count). The lowest BCUT2D eigenvalue weighted by Gasteiger charge is -2.20. The molecule has 0 spiro atoms. The van der Waals surface area contributed by atoms with Crippen molar-refractivity contribution in [1.82, 2.24) is 31.9 Å². The lowest BCUT2D eigenvalue weighted by Crippen LogP contribution is -2.43. The first-order chi connectivity index (χ1) is 21.6. The lowest BCUT2D eigenvalue weighted by atomic mass is 9.91. The van der Waals surface area contributed by atoms with E-state index in [1.54, 1.807) is 14.1 Å². The molecule has 0 fully saturated rings. The maximum Gasteiger partial charge on any atom is 0.251 e. The third-order valence-corrected chi connectivity index (χ3v) is 7.65. The van der Waals surface area contributed by atoms with Crippen LogP contribution in [0.4, 0.5) is 0 Å². The highest BCUT2D eigenvalue weighted by molar-refractivity contribution is 5.95. The number of hydrogen-bond acceptors (Lipinski definition) is 11. The number of amides is 3. The fraction of sp³-hybridized carbons (Fsp3) is 0.677. The van der Waals surface area contributed by atoms with Gasteiger partial charge in [-0.25, -0.2) is 0 Å². The maximum atomic E-state index is 13.2. The van der Waals surface area contributed by atoms with Crippen LogP contribution in [0.15, 0.2) is 12.1 Å². The van der Waals surface area contributed by atoms with Gasteiger partial charge in [0.15, 0.2) is 23.0 Å². The highest BCUT2D eigenvalue weighted by Crippen LogP contribution is 2.35. The standard InChI is InChI=1S/C31H55N7O7/c1-33-14-7-5-12-24(35-3)31(45)37-16-8-4-10-21(29(43)38-17-13-32)18-25(39)23(34-2)11-6-9-15-36-30(44)22-19-26(40)28(42)27(41)20-22/h19-21,23-24,33-35,40-42H,4-18,32H2,1-3H3,(H,36,44)(H,37,45)(H,38,43). The molecule has 0 heterocycles. The van der Waals surface area contributed by atoms with Crippen molar-refractivity contribution < 1.29 is 34.5 Å². The predicted molar refractivity (Wildman–Crippen MR) is 173 cm³/mol. The van der Waals surface area contributed by atoms with E-state index in [0.29, 0.717) is 64.7 Å². The summed E-state index contributed by atoms with van der Waals surface area (Å²) in [7, 11) is 5.38. The fourth-order valence-corrected chi connectivity index (χ4v) is 4.94. The van der Waals surface area contributed by atoms with E-state index in [2.05, 4.69) is 31.9 Å². The second-order valence-electron chi connectivity index (χ2n) is 11.1. The summed E-state index contributed by atoms with van der Waals surface area (Å²) in [6.45, 7) is 2.33. The van der Waals surface area contributed by atoms with Crippen LogP contribution in [0, 0.1) is 5.92 Å². The van der Waals surface area contributed by atoms with Crippen LogP contribution in [-0.2, 0) is 14.4 Å². The molecule has 45 heavy (non-hydrogen) atoms. The van der Waals surface area contributed by atoms with Crippen LogP contribution in [0.2, 0.25) is 0 Å². The number of likely N-dealkylation sites (N-methyl/N-ethyl adjacent to an activating group) is 2. The minimum absolute atomic E-state index is 0.00494. The van der Waals surface area contributed by atoms with Crippen molar-refractivity contribution in [3.8, 4) is 17.2 Å². The number of rotatable bonds is 25. The molecule has 0 saturated carbocycles. The second-order valence-corrected chi connectivity index (χ2v) is 11.1. The van der Waals surface area contributed by atoms with Crippen molar-refractivity contribution in [2.75, 3.05) is 53.9 Å². The summed E-state index contributed by atoms with van der Waals surface area (Å²) < 4.78 is 0. The van der Waals surface area contributed by atoms with E-state index in [4.69, 9.17) is 5.73 Å². The van der Waals surface area contributed by atoms with Gasteiger partial charge in [0, 0.05) is 44.1 Å². The number of unbranched alkanes of at least 4 members (excludes halogenated alkanes) is 3. The van der Waals surface area contributed by atoms with E-state index in [0.717, 1.165) is 37.9 Å². The smallest absolute Gasteiger partial charge is 0.251 e. The van der Waals surface area contributed by atoms with Crippen molar-refractivity contribution in [3.05, 3.63) is 17.7 Å². The number of nitrogens with two attached hydrogens (primary N) is 1. The summed E-state index contributed by atoms with van der Waals surface area (Å²) in [5, 5.41) is 46.3. The number of carbonyl (C=O) groups is 4. The molecule has 3 unspecified atom stereocenters. The van der Waals surface area contributed by atoms with E-state index in [-0.39, 0.29) is 35.6 Å². The number of hydrogen-bond donors (Lipinski definition) is 10. The van der Waals surface area contributed by atoms with Crippen LogP contribution in [0.5, 0.6) is 17.2 Å². The molecule has 0 radical (unpaired) electrons. The number of benzene rings is 1. The Hall–Kier alpha value is -3.46. The van der Waals surface area contributed by atoms with Gasteiger partial charge in [-0.3, -0.25) is 19.2 Å². The van der Waals surface area contributed by atoms with Crippen LogP contribution in [0.3, 0.4) is 0 Å². The molecule has 1 aromatic carbocycles. The first-order valence-corrected chi connectivity index (χ1v) is 15.9.